The predicted molar refractivity (Wildman–Crippen MR) is 201 cm³/mol. The standard InChI is InChI=1S/C38H40ClF3N6O5S/c1-37(2,3)53-36(51)46-34-24(17-43)28-22(10-11-26(41)32(28)54-34)29-25(39)15-23-31(30(29)42)44-35(52-18-38-12-6-8-20(38)14-21(40)16-38)45-33(23)47(4)13-7-9-27(50)48(5)19-49/h10-11,15,19-21H,6-9,12-14,16,18H2,1-5H3,(H,46,51)/t20?,21-,38-/m0/s1. The molecule has 11 nitrogen and oxygen atoms in total. The van der Waals surface area contributed by atoms with Gasteiger partial charge in [-0.1, -0.05) is 24.1 Å². The number of fused-ring (bicyclic) bond motifs is 3. The number of halogens is 4. The number of anilines is 2. The molecule has 0 spiro atoms. The molecule has 0 radical (unpaired) electrons. The number of rotatable bonds is 11. The molecular formula is C38H40ClF3N6O5S. The van der Waals surface area contributed by atoms with Gasteiger partial charge >= 0.3 is 12.1 Å². The first kappa shape index (κ1) is 39.0. The van der Waals surface area contributed by atoms with Gasteiger partial charge in [-0.25, -0.2) is 18.0 Å². The summed E-state index contributed by atoms with van der Waals surface area (Å²) < 4.78 is 58.6. The van der Waals surface area contributed by atoms with E-state index >= 15 is 8.78 Å². The minimum absolute atomic E-state index is 0.0113. The van der Waals surface area contributed by atoms with Gasteiger partial charge in [0.15, 0.2) is 5.82 Å². The van der Waals surface area contributed by atoms with E-state index in [0.29, 0.717) is 25.7 Å². The molecule has 2 saturated carbocycles. The fourth-order valence-electron chi connectivity index (χ4n) is 7.68. The summed E-state index contributed by atoms with van der Waals surface area (Å²) in [5.74, 6) is -1.56. The van der Waals surface area contributed by atoms with Crippen molar-refractivity contribution < 1.29 is 37.0 Å². The fraction of sp³-hybridized carbons (Fsp3) is 0.474. The van der Waals surface area contributed by atoms with Crippen LogP contribution in [-0.2, 0) is 14.3 Å². The number of amides is 3. The minimum atomic E-state index is -0.927. The zero-order valence-electron chi connectivity index (χ0n) is 30.5. The van der Waals surface area contributed by atoms with Crippen LogP contribution in [0.15, 0.2) is 18.2 Å². The molecule has 16 heteroatoms. The van der Waals surface area contributed by atoms with Gasteiger partial charge in [-0.2, -0.15) is 15.2 Å². The van der Waals surface area contributed by atoms with Gasteiger partial charge in [0.1, 0.15) is 40.0 Å². The summed E-state index contributed by atoms with van der Waals surface area (Å²) >= 11 is 7.65. The number of nitrogens with one attached hydrogen (secondary N) is 1. The van der Waals surface area contributed by atoms with Crippen molar-refractivity contribution in [3.63, 3.8) is 0 Å². The molecule has 0 aliphatic heterocycles. The van der Waals surface area contributed by atoms with Crippen LogP contribution in [0.4, 0.5) is 28.8 Å². The van der Waals surface area contributed by atoms with Crippen molar-refractivity contribution >= 4 is 73.2 Å². The smallest absolute Gasteiger partial charge is 0.412 e. The van der Waals surface area contributed by atoms with Crippen molar-refractivity contribution in [2.75, 3.05) is 37.5 Å². The van der Waals surface area contributed by atoms with Gasteiger partial charge in [-0.05, 0) is 76.5 Å². The first-order valence-electron chi connectivity index (χ1n) is 17.6. The number of carbonyl (C=O) groups excluding carboxylic acids is 3. The van der Waals surface area contributed by atoms with Crippen LogP contribution in [0.5, 0.6) is 6.01 Å². The average molecular weight is 785 g/mol. The molecule has 0 bridgehead atoms. The molecule has 54 heavy (non-hydrogen) atoms. The molecule has 2 aromatic carbocycles. The third kappa shape index (κ3) is 7.63. The number of nitrogens with zero attached hydrogens (tertiary/aromatic N) is 5. The second kappa shape index (κ2) is 15.2. The molecule has 2 aliphatic carbocycles. The largest absolute Gasteiger partial charge is 0.463 e. The Hall–Kier alpha value is -4.68. The van der Waals surface area contributed by atoms with Crippen LogP contribution in [-0.4, -0.2) is 72.3 Å². The molecule has 1 unspecified atom stereocenters. The van der Waals surface area contributed by atoms with E-state index in [1.807, 2.05) is 6.07 Å². The Balaban J connectivity index is 1.45. The molecule has 2 heterocycles. The third-order valence-corrected chi connectivity index (χ3v) is 11.6. The van der Waals surface area contributed by atoms with E-state index in [0.717, 1.165) is 41.6 Å². The number of ether oxygens (including phenoxy) is 2. The number of nitriles is 1. The minimum Gasteiger partial charge on any atom is -0.463 e. The average Bonchev–Trinajstić information content (AvgIpc) is 3.76. The van der Waals surface area contributed by atoms with Crippen LogP contribution in [0.3, 0.4) is 0 Å². The highest BCUT2D eigenvalue weighted by Gasteiger charge is 2.51. The van der Waals surface area contributed by atoms with Gasteiger partial charge in [-0.15, -0.1) is 11.3 Å². The van der Waals surface area contributed by atoms with Crippen LogP contribution in [0.1, 0.15) is 71.3 Å². The monoisotopic (exact) mass is 784 g/mol. The second-order valence-corrected chi connectivity index (χ2v) is 16.5. The highest BCUT2D eigenvalue weighted by molar-refractivity contribution is 7.23. The number of benzene rings is 2. The quantitative estimate of drug-likeness (QED) is 0.148. The lowest BCUT2D eigenvalue weighted by Crippen LogP contribution is -2.29. The van der Waals surface area contributed by atoms with Gasteiger partial charge in [0.25, 0.3) is 0 Å². The molecule has 3 atom stereocenters. The second-order valence-electron chi connectivity index (χ2n) is 15.0. The van der Waals surface area contributed by atoms with Gasteiger partial charge in [-0.3, -0.25) is 19.8 Å². The highest BCUT2D eigenvalue weighted by Crippen LogP contribution is 2.55. The zero-order valence-corrected chi connectivity index (χ0v) is 32.1. The lowest BCUT2D eigenvalue weighted by atomic mass is 9.81. The Morgan fingerprint density at radius 1 is 1.24 bits per heavy atom. The summed E-state index contributed by atoms with van der Waals surface area (Å²) in [4.78, 5) is 47.8. The molecule has 2 aliphatic rings. The number of thiophene rings is 1. The molecule has 2 fully saturated rings. The van der Waals surface area contributed by atoms with E-state index in [-0.39, 0.29) is 96.3 Å². The van der Waals surface area contributed by atoms with Gasteiger partial charge in [0, 0.05) is 48.8 Å². The number of imide groups is 1. The van der Waals surface area contributed by atoms with E-state index in [2.05, 4.69) is 15.3 Å². The maximum absolute atomic E-state index is 17.2. The Morgan fingerprint density at radius 3 is 2.70 bits per heavy atom. The molecule has 6 rings (SSSR count). The Bertz CT molecular complexity index is 2190. The maximum atomic E-state index is 17.2. The number of carbonyl (C=O) groups is 3. The predicted octanol–water partition coefficient (Wildman–Crippen LogP) is 8.79. The van der Waals surface area contributed by atoms with E-state index in [9.17, 15) is 24.0 Å². The first-order valence-corrected chi connectivity index (χ1v) is 18.8. The Kier molecular flexibility index (Phi) is 11.0. The highest BCUT2D eigenvalue weighted by atomic mass is 35.5. The lowest BCUT2D eigenvalue weighted by Gasteiger charge is -2.28. The number of alkyl halides is 1. The lowest BCUT2D eigenvalue weighted by molar-refractivity contribution is -0.136. The van der Waals surface area contributed by atoms with Crippen LogP contribution in [0.2, 0.25) is 5.02 Å². The summed E-state index contributed by atoms with van der Waals surface area (Å²) in [6.07, 6.45) is 2.53. The van der Waals surface area contributed by atoms with Gasteiger partial charge in [0.2, 0.25) is 12.3 Å². The summed E-state index contributed by atoms with van der Waals surface area (Å²) in [5, 5.41) is 12.9. The SMILES string of the molecule is CN(C=O)C(=O)CCCN(C)c1nc(OC[C@@]23CCCC2C[C@H](F)C3)nc2c(F)c(-c3ccc(F)c4sc(NC(=O)OC(C)(C)C)c(C#N)c34)c(Cl)cc12. The van der Waals surface area contributed by atoms with Crippen molar-refractivity contribution in [2.24, 2.45) is 11.3 Å². The van der Waals surface area contributed by atoms with Gasteiger partial charge < -0.3 is 14.4 Å². The van der Waals surface area contributed by atoms with E-state index < -0.39 is 29.5 Å². The van der Waals surface area contributed by atoms with Crippen molar-refractivity contribution in [1.82, 2.24) is 14.9 Å². The van der Waals surface area contributed by atoms with Crippen molar-refractivity contribution in [1.29, 1.82) is 5.26 Å². The summed E-state index contributed by atoms with van der Waals surface area (Å²) in [5.41, 5.74) is -1.59. The van der Waals surface area contributed by atoms with E-state index in [1.54, 1.807) is 32.7 Å². The topological polar surface area (TPSA) is 138 Å². The van der Waals surface area contributed by atoms with Crippen LogP contribution < -0.4 is 15.0 Å². The van der Waals surface area contributed by atoms with E-state index in [4.69, 9.17) is 21.1 Å². The first-order chi connectivity index (χ1) is 25.6. The third-order valence-electron chi connectivity index (χ3n) is 10.2. The number of hydrogen-bond acceptors (Lipinski definition) is 10. The van der Waals surface area contributed by atoms with E-state index in [1.165, 1.54) is 19.2 Å². The molecular weight excluding hydrogens is 745 g/mol. The Labute approximate surface area is 319 Å². The molecule has 0 saturated heterocycles. The summed E-state index contributed by atoms with van der Waals surface area (Å²) in [6.45, 7) is 5.43. The summed E-state index contributed by atoms with van der Waals surface area (Å²) in [7, 11) is 3.07. The normalized spacial score (nSPS) is 19.4. The van der Waals surface area contributed by atoms with Crippen molar-refractivity contribution in [3.8, 4) is 23.2 Å². The Morgan fingerprint density at radius 2 is 2.00 bits per heavy atom. The van der Waals surface area contributed by atoms with Crippen LogP contribution >= 0.6 is 22.9 Å². The number of hydrogen-bond donors (Lipinski definition) is 1. The van der Waals surface area contributed by atoms with Crippen LogP contribution in [0, 0.1) is 34.3 Å². The van der Waals surface area contributed by atoms with Crippen molar-refractivity contribution in [3.05, 3.63) is 40.4 Å². The maximum Gasteiger partial charge on any atom is 0.412 e. The fourth-order valence-corrected chi connectivity index (χ4v) is 9.04. The molecule has 286 valence electrons. The van der Waals surface area contributed by atoms with Gasteiger partial charge in [0.05, 0.1) is 21.9 Å². The number of aromatic nitrogens is 2. The van der Waals surface area contributed by atoms with Crippen molar-refractivity contribution in [2.45, 2.75) is 77.5 Å². The molecule has 2 aromatic heterocycles. The zero-order chi connectivity index (χ0) is 39.1. The molecule has 3 amide bonds. The molecule has 1 N–H and O–H groups in total. The summed E-state index contributed by atoms with van der Waals surface area (Å²) in [6, 6.07) is 5.78. The molecule has 4 aromatic rings. The van der Waals surface area contributed by atoms with Crippen LogP contribution in [0.25, 0.3) is 32.1 Å².